The summed E-state index contributed by atoms with van der Waals surface area (Å²) in [4.78, 5) is 48.1. The number of amides is 2. The van der Waals surface area contributed by atoms with Gasteiger partial charge in [-0.25, -0.2) is 9.59 Å². The molecule has 2 aromatic rings. The topological polar surface area (TPSA) is 131 Å². The van der Waals surface area contributed by atoms with Crippen molar-refractivity contribution < 1.29 is 33.8 Å². The van der Waals surface area contributed by atoms with Crippen molar-refractivity contribution in [3.63, 3.8) is 0 Å². The van der Waals surface area contributed by atoms with Crippen LogP contribution < -0.4 is 10.6 Å². The molecule has 0 spiro atoms. The van der Waals surface area contributed by atoms with Gasteiger partial charge < -0.3 is 25.2 Å². The number of carboxylic acids is 1. The number of methoxy groups -OCH3 is 1. The maximum absolute atomic E-state index is 12.6. The number of fused-ring (bicyclic) bond motifs is 3. The Kier molecular flexibility index (Phi) is 7.01. The van der Waals surface area contributed by atoms with Gasteiger partial charge in [-0.2, -0.15) is 0 Å². The Hall–Kier alpha value is -3.88. The van der Waals surface area contributed by atoms with Gasteiger partial charge in [0.15, 0.2) is 0 Å². The number of carboxylic acid groups (broad SMARTS) is 1. The summed E-state index contributed by atoms with van der Waals surface area (Å²) in [6.07, 6.45) is -1.62. The molecular formula is C24H26N2O7. The van der Waals surface area contributed by atoms with E-state index < -0.39 is 41.9 Å². The van der Waals surface area contributed by atoms with Crippen LogP contribution in [0.15, 0.2) is 48.5 Å². The van der Waals surface area contributed by atoms with Crippen LogP contribution in [0, 0.1) is 0 Å². The van der Waals surface area contributed by atoms with E-state index in [0.29, 0.717) is 0 Å². The van der Waals surface area contributed by atoms with E-state index in [-0.39, 0.29) is 12.5 Å². The van der Waals surface area contributed by atoms with Gasteiger partial charge in [-0.3, -0.25) is 9.59 Å². The summed E-state index contributed by atoms with van der Waals surface area (Å²) in [6.45, 7) is 2.82. The smallest absolute Gasteiger partial charge is 0.407 e. The molecule has 0 heterocycles. The van der Waals surface area contributed by atoms with Crippen molar-refractivity contribution in [1.82, 2.24) is 10.6 Å². The van der Waals surface area contributed by atoms with Gasteiger partial charge >= 0.3 is 18.0 Å². The lowest BCUT2D eigenvalue weighted by molar-refractivity contribution is -0.149. The Morgan fingerprint density at radius 1 is 1.00 bits per heavy atom. The molecule has 1 unspecified atom stereocenters. The number of nitrogens with one attached hydrogen (secondary N) is 2. The van der Waals surface area contributed by atoms with Gasteiger partial charge in [0.05, 0.1) is 13.5 Å². The maximum Gasteiger partial charge on any atom is 0.407 e. The molecule has 1 atom stereocenters. The first-order chi connectivity index (χ1) is 15.6. The zero-order valence-corrected chi connectivity index (χ0v) is 18.6. The SMILES string of the molecule is COC(=O)C(C)(C)NC(=O)C(CC(=O)O)NC(=O)OCC1c2ccccc2-c2ccccc21. The summed E-state index contributed by atoms with van der Waals surface area (Å²) in [5.74, 6) is -3.05. The first-order valence-electron chi connectivity index (χ1n) is 10.4. The van der Waals surface area contributed by atoms with Crippen LogP contribution in [0.25, 0.3) is 11.1 Å². The highest BCUT2D eigenvalue weighted by Crippen LogP contribution is 2.44. The molecule has 33 heavy (non-hydrogen) atoms. The minimum Gasteiger partial charge on any atom is -0.481 e. The van der Waals surface area contributed by atoms with Gasteiger partial charge in [0.25, 0.3) is 0 Å². The quantitative estimate of drug-likeness (QED) is 0.522. The third-order valence-electron chi connectivity index (χ3n) is 5.46. The van der Waals surface area contributed by atoms with Crippen molar-refractivity contribution in [3.8, 4) is 11.1 Å². The Labute approximate surface area is 191 Å². The zero-order chi connectivity index (χ0) is 24.2. The Balaban J connectivity index is 1.68. The molecule has 1 aliphatic rings. The largest absolute Gasteiger partial charge is 0.481 e. The second-order valence-electron chi connectivity index (χ2n) is 8.23. The molecule has 3 rings (SSSR count). The van der Waals surface area contributed by atoms with Gasteiger partial charge in [-0.05, 0) is 36.1 Å². The Morgan fingerprint density at radius 2 is 1.55 bits per heavy atom. The predicted octanol–water partition coefficient (Wildman–Crippen LogP) is 2.44. The fourth-order valence-corrected chi connectivity index (χ4v) is 3.87. The van der Waals surface area contributed by atoms with Crippen LogP contribution in [-0.2, 0) is 23.9 Å². The summed E-state index contributed by atoms with van der Waals surface area (Å²) >= 11 is 0. The number of esters is 1. The molecule has 0 radical (unpaired) electrons. The first-order valence-corrected chi connectivity index (χ1v) is 10.4. The average molecular weight is 454 g/mol. The van der Waals surface area contributed by atoms with Crippen molar-refractivity contribution in [2.75, 3.05) is 13.7 Å². The molecule has 2 aromatic carbocycles. The highest BCUT2D eigenvalue weighted by atomic mass is 16.5. The molecule has 0 aliphatic heterocycles. The lowest BCUT2D eigenvalue weighted by atomic mass is 9.98. The Morgan fingerprint density at radius 3 is 2.06 bits per heavy atom. The number of carbonyl (C=O) groups is 4. The van der Waals surface area contributed by atoms with E-state index in [2.05, 4.69) is 15.4 Å². The number of benzene rings is 2. The van der Waals surface area contributed by atoms with Crippen LogP contribution >= 0.6 is 0 Å². The van der Waals surface area contributed by atoms with Crippen LogP contribution in [0.5, 0.6) is 0 Å². The van der Waals surface area contributed by atoms with Crippen molar-refractivity contribution in [2.24, 2.45) is 0 Å². The molecule has 2 amide bonds. The molecular weight excluding hydrogens is 428 g/mol. The highest BCUT2D eigenvalue weighted by Gasteiger charge is 2.35. The van der Waals surface area contributed by atoms with Crippen molar-refractivity contribution in [3.05, 3.63) is 59.7 Å². The molecule has 0 bridgehead atoms. The maximum atomic E-state index is 12.6. The van der Waals surface area contributed by atoms with Crippen LogP contribution in [0.3, 0.4) is 0 Å². The number of carbonyl (C=O) groups excluding carboxylic acids is 3. The molecule has 0 fully saturated rings. The average Bonchev–Trinajstić information content (AvgIpc) is 3.09. The number of rotatable bonds is 8. The molecule has 0 saturated carbocycles. The minimum absolute atomic E-state index is 0.00885. The van der Waals surface area contributed by atoms with Crippen molar-refractivity contribution in [2.45, 2.75) is 37.8 Å². The van der Waals surface area contributed by atoms with Gasteiger partial charge in [-0.15, -0.1) is 0 Å². The van der Waals surface area contributed by atoms with Crippen molar-refractivity contribution >= 4 is 23.9 Å². The van der Waals surface area contributed by atoms with E-state index in [1.807, 2.05) is 48.5 Å². The standard InChI is InChI=1S/C24H26N2O7/c1-24(2,22(30)32-3)26-21(29)19(12-20(27)28)25-23(31)33-13-18-16-10-6-4-8-14(16)15-9-5-7-11-17(15)18/h4-11,18-19H,12-13H2,1-3H3,(H,25,31)(H,26,29)(H,27,28). The van der Waals surface area contributed by atoms with Gasteiger partial charge in [0.1, 0.15) is 18.2 Å². The third kappa shape index (κ3) is 5.31. The first kappa shape index (κ1) is 23.8. The predicted molar refractivity (Wildman–Crippen MR) is 118 cm³/mol. The molecule has 174 valence electrons. The lowest BCUT2D eigenvalue weighted by Gasteiger charge is -2.26. The van der Waals surface area contributed by atoms with Gasteiger partial charge in [-0.1, -0.05) is 48.5 Å². The van der Waals surface area contributed by atoms with E-state index in [1.165, 1.54) is 21.0 Å². The molecule has 0 aromatic heterocycles. The molecule has 9 nitrogen and oxygen atoms in total. The van der Waals surface area contributed by atoms with Crippen molar-refractivity contribution in [1.29, 1.82) is 0 Å². The number of hydrogen-bond donors (Lipinski definition) is 3. The van der Waals surface area contributed by atoms with Crippen LogP contribution in [0.4, 0.5) is 4.79 Å². The van der Waals surface area contributed by atoms with Gasteiger partial charge in [0.2, 0.25) is 5.91 Å². The number of hydrogen-bond acceptors (Lipinski definition) is 6. The van der Waals surface area contributed by atoms with E-state index in [1.54, 1.807) is 0 Å². The monoisotopic (exact) mass is 454 g/mol. The zero-order valence-electron chi connectivity index (χ0n) is 18.6. The van der Waals surface area contributed by atoms with Crippen LogP contribution in [-0.4, -0.2) is 54.3 Å². The van der Waals surface area contributed by atoms with E-state index in [9.17, 15) is 19.2 Å². The van der Waals surface area contributed by atoms with Crippen LogP contribution in [0.2, 0.25) is 0 Å². The number of alkyl carbamates (subject to hydrolysis) is 1. The summed E-state index contributed by atoms with van der Waals surface area (Å²) in [7, 11) is 1.17. The number of aliphatic carboxylic acids is 1. The summed E-state index contributed by atoms with van der Waals surface area (Å²) in [5, 5.41) is 13.8. The number of ether oxygens (including phenoxy) is 2. The lowest BCUT2D eigenvalue weighted by Crippen LogP contribution is -2.57. The second kappa shape index (κ2) is 9.72. The third-order valence-corrected chi connectivity index (χ3v) is 5.46. The summed E-state index contributed by atoms with van der Waals surface area (Å²) in [5.41, 5.74) is 2.76. The van der Waals surface area contributed by atoms with Gasteiger partial charge in [0, 0.05) is 5.92 Å². The van der Waals surface area contributed by atoms with E-state index in [4.69, 9.17) is 9.84 Å². The normalized spacial score (nSPS) is 13.3. The molecule has 1 aliphatic carbocycles. The summed E-state index contributed by atoms with van der Waals surface area (Å²) < 4.78 is 10.0. The van der Waals surface area contributed by atoms with E-state index in [0.717, 1.165) is 22.3 Å². The molecule has 3 N–H and O–H groups in total. The highest BCUT2D eigenvalue weighted by molar-refractivity contribution is 5.93. The minimum atomic E-state index is -1.44. The molecule has 9 heteroatoms. The van der Waals surface area contributed by atoms with E-state index >= 15 is 0 Å². The Bertz CT molecular complexity index is 1030. The fourth-order valence-electron chi connectivity index (χ4n) is 3.87. The summed E-state index contributed by atoms with van der Waals surface area (Å²) in [6, 6.07) is 14.2. The fraction of sp³-hybridized carbons (Fsp3) is 0.333. The second-order valence-corrected chi connectivity index (χ2v) is 8.23. The molecule has 0 saturated heterocycles. The van der Waals surface area contributed by atoms with Crippen LogP contribution in [0.1, 0.15) is 37.3 Å².